The molecule has 1 aromatic carbocycles. The molecular weight excluding hydrogens is 270 g/mol. The fourth-order valence-corrected chi connectivity index (χ4v) is 4.60. The van der Waals surface area contributed by atoms with E-state index in [9.17, 15) is 5.11 Å². The molecule has 3 unspecified atom stereocenters. The first kappa shape index (κ1) is 13.9. The van der Waals surface area contributed by atoms with Gasteiger partial charge < -0.3 is 9.84 Å². The molecule has 2 fully saturated rings. The summed E-state index contributed by atoms with van der Waals surface area (Å²) < 4.78 is 6.00. The minimum absolute atomic E-state index is 0.00115. The Morgan fingerprint density at radius 1 is 1.40 bits per heavy atom. The van der Waals surface area contributed by atoms with Gasteiger partial charge in [0.15, 0.2) is 0 Å². The summed E-state index contributed by atoms with van der Waals surface area (Å²) in [5.41, 5.74) is 1.55. The van der Waals surface area contributed by atoms with Gasteiger partial charge in [0.2, 0.25) is 0 Å². The van der Waals surface area contributed by atoms with Gasteiger partial charge in [-0.15, -0.1) is 0 Å². The number of thioether (sulfide) groups is 1. The molecule has 3 nitrogen and oxygen atoms in total. The maximum atomic E-state index is 10.6. The quantitative estimate of drug-likeness (QED) is 0.909. The third-order valence-corrected chi connectivity index (χ3v) is 5.65. The molecular formula is C16H19NO2S. The largest absolute Gasteiger partial charge is 0.388 e. The molecule has 1 spiro atoms. The maximum absolute atomic E-state index is 10.6. The Labute approximate surface area is 123 Å². The summed E-state index contributed by atoms with van der Waals surface area (Å²) in [5, 5.41) is 19.4. The first-order valence-electron chi connectivity index (χ1n) is 7.12. The number of hydrogen-bond acceptors (Lipinski definition) is 4. The molecule has 0 saturated carbocycles. The predicted molar refractivity (Wildman–Crippen MR) is 79.5 cm³/mol. The molecule has 2 aliphatic rings. The zero-order valence-corrected chi connectivity index (χ0v) is 12.2. The van der Waals surface area contributed by atoms with E-state index in [-0.39, 0.29) is 11.5 Å². The Morgan fingerprint density at radius 2 is 2.20 bits per heavy atom. The average Bonchev–Trinajstić information content (AvgIpc) is 2.94. The molecule has 3 atom stereocenters. The van der Waals surface area contributed by atoms with Crippen LogP contribution in [-0.2, 0) is 4.74 Å². The Balaban J connectivity index is 1.72. The monoisotopic (exact) mass is 289 g/mol. The van der Waals surface area contributed by atoms with Gasteiger partial charge in [0.25, 0.3) is 0 Å². The Hall–Kier alpha value is -1.02. The molecule has 2 aliphatic heterocycles. The predicted octanol–water partition coefficient (Wildman–Crippen LogP) is 2.89. The molecule has 0 aromatic heterocycles. The first-order valence-corrected chi connectivity index (χ1v) is 8.28. The number of ether oxygens (including phenoxy) is 1. The van der Waals surface area contributed by atoms with E-state index >= 15 is 0 Å². The van der Waals surface area contributed by atoms with Gasteiger partial charge in [-0.05, 0) is 48.6 Å². The zero-order valence-electron chi connectivity index (χ0n) is 11.4. The summed E-state index contributed by atoms with van der Waals surface area (Å²) in [6.07, 6.45) is 2.51. The average molecular weight is 289 g/mol. The van der Waals surface area contributed by atoms with Crippen molar-refractivity contribution in [2.24, 2.45) is 5.92 Å². The van der Waals surface area contributed by atoms with Gasteiger partial charge in [0, 0.05) is 12.4 Å². The number of aliphatic hydroxyl groups excluding tert-OH is 1. The van der Waals surface area contributed by atoms with Crippen molar-refractivity contribution in [2.75, 3.05) is 18.1 Å². The highest BCUT2D eigenvalue weighted by Gasteiger charge is 2.42. The minimum atomic E-state index is -0.450. The number of rotatable bonds is 2. The van der Waals surface area contributed by atoms with E-state index in [0.717, 1.165) is 37.2 Å². The van der Waals surface area contributed by atoms with Crippen molar-refractivity contribution in [2.45, 2.75) is 31.0 Å². The number of hydrogen-bond donors (Lipinski definition) is 1. The number of nitriles is 1. The van der Waals surface area contributed by atoms with Crippen molar-refractivity contribution in [3.8, 4) is 6.07 Å². The van der Waals surface area contributed by atoms with E-state index < -0.39 is 6.10 Å². The SMILES string of the molecule is N#Cc1ccc(C(O)C2CCOC3(CCSC3)C2)cc1. The number of nitrogens with zero attached hydrogens (tertiary/aromatic N) is 1. The Kier molecular flexibility index (Phi) is 4.02. The van der Waals surface area contributed by atoms with Crippen LogP contribution < -0.4 is 0 Å². The van der Waals surface area contributed by atoms with Gasteiger partial charge in [-0.25, -0.2) is 0 Å². The fourth-order valence-electron chi connectivity index (χ4n) is 3.23. The Morgan fingerprint density at radius 3 is 2.85 bits per heavy atom. The lowest BCUT2D eigenvalue weighted by molar-refractivity contribution is -0.102. The summed E-state index contributed by atoms with van der Waals surface area (Å²) in [6, 6.07) is 9.40. The molecule has 1 N–H and O–H groups in total. The number of aliphatic hydroxyl groups is 1. The minimum Gasteiger partial charge on any atom is -0.388 e. The summed E-state index contributed by atoms with van der Waals surface area (Å²) in [5.74, 6) is 2.49. The molecule has 0 bridgehead atoms. The fraction of sp³-hybridized carbons (Fsp3) is 0.562. The van der Waals surface area contributed by atoms with Gasteiger partial charge in [-0.3, -0.25) is 0 Å². The lowest BCUT2D eigenvalue weighted by Crippen LogP contribution is -2.41. The first-order chi connectivity index (χ1) is 9.72. The van der Waals surface area contributed by atoms with Crippen molar-refractivity contribution in [1.82, 2.24) is 0 Å². The van der Waals surface area contributed by atoms with Crippen molar-refractivity contribution in [1.29, 1.82) is 5.26 Å². The van der Waals surface area contributed by atoms with Crippen molar-refractivity contribution in [3.05, 3.63) is 35.4 Å². The molecule has 1 aromatic rings. The summed E-state index contributed by atoms with van der Waals surface area (Å²) >= 11 is 1.95. The molecule has 2 heterocycles. The smallest absolute Gasteiger partial charge is 0.0991 e. The normalized spacial score (nSPS) is 31.1. The number of benzene rings is 1. The van der Waals surface area contributed by atoms with Gasteiger partial charge in [0.05, 0.1) is 23.3 Å². The van der Waals surface area contributed by atoms with Crippen LogP contribution in [0.25, 0.3) is 0 Å². The second-order valence-electron chi connectivity index (χ2n) is 5.77. The molecule has 3 rings (SSSR count). The van der Waals surface area contributed by atoms with E-state index in [1.54, 1.807) is 12.1 Å². The third-order valence-electron chi connectivity index (χ3n) is 4.43. The third kappa shape index (κ3) is 2.71. The van der Waals surface area contributed by atoms with E-state index in [1.807, 2.05) is 23.9 Å². The lowest BCUT2D eigenvalue weighted by atomic mass is 9.80. The van der Waals surface area contributed by atoms with Gasteiger partial charge in [-0.1, -0.05) is 12.1 Å². The van der Waals surface area contributed by atoms with Crippen LogP contribution in [0.3, 0.4) is 0 Å². The maximum Gasteiger partial charge on any atom is 0.0991 e. The van der Waals surface area contributed by atoms with E-state index in [2.05, 4.69) is 6.07 Å². The molecule has 106 valence electrons. The van der Waals surface area contributed by atoms with E-state index in [4.69, 9.17) is 10.00 Å². The van der Waals surface area contributed by atoms with Crippen LogP contribution >= 0.6 is 11.8 Å². The van der Waals surface area contributed by atoms with Gasteiger partial charge in [0.1, 0.15) is 0 Å². The van der Waals surface area contributed by atoms with Gasteiger partial charge >= 0.3 is 0 Å². The van der Waals surface area contributed by atoms with Crippen LogP contribution in [0.15, 0.2) is 24.3 Å². The van der Waals surface area contributed by atoms with Crippen molar-refractivity contribution >= 4 is 11.8 Å². The van der Waals surface area contributed by atoms with E-state index in [0.29, 0.717) is 5.56 Å². The standard InChI is InChI=1S/C16H19NO2S/c17-10-12-1-3-13(4-2-12)15(18)14-5-7-19-16(9-14)6-8-20-11-16/h1-4,14-15,18H,5-9,11H2. The summed E-state index contributed by atoms with van der Waals surface area (Å²) in [7, 11) is 0. The second kappa shape index (κ2) is 5.77. The second-order valence-corrected chi connectivity index (χ2v) is 6.87. The Bertz CT molecular complexity index is 502. The molecule has 0 radical (unpaired) electrons. The van der Waals surface area contributed by atoms with Crippen LogP contribution in [-0.4, -0.2) is 28.8 Å². The van der Waals surface area contributed by atoms with Crippen LogP contribution in [0.5, 0.6) is 0 Å². The zero-order chi connectivity index (χ0) is 14.0. The van der Waals surface area contributed by atoms with Crippen LogP contribution in [0.1, 0.15) is 36.5 Å². The summed E-state index contributed by atoms with van der Waals surface area (Å²) in [6.45, 7) is 0.749. The van der Waals surface area contributed by atoms with Crippen LogP contribution in [0, 0.1) is 17.2 Å². The lowest BCUT2D eigenvalue weighted by Gasteiger charge is -2.39. The molecule has 0 amide bonds. The molecule has 20 heavy (non-hydrogen) atoms. The highest BCUT2D eigenvalue weighted by molar-refractivity contribution is 7.99. The highest BCUT2D eigenvalue weighted by Crippen LogP contribution is 2.43. The van der Waals surface area contributed by atoms with Crippen LogP contribution in [0.2, 0.25) is 0 Å². The molecule has 4 heteroatoms. The highest BCUT2D eigenvalue weighted by atomic mass is 32.2. The van der Waals surface area contributed by atoms with Gasteiger partial charge in [-0.2, -0.15) is 17.0 Å². The van der Waals surface area contributed by atoms with Crippen molar-refractivity contribution in [3.63, 3.8) is 0 Å². The topological polar surface area (TPSA) is 53.2 Å². The molecule has 0 aliphatic carbocycles. The molecule has 2 saturated heterocycles. The van der Waals surface area contributed by atoms with Crippen LogP contribution in [0.4, 0.5) is 0 Å². The summed E-state index contributed by atoms with van der Waals surface area (Å²) in [4.78, 5) is 0. The van der Waals surface area contributed by atoms with E-state index in [1.165, 1.54) is 5.75 Å². The van der Waals surface area contributed by atoms with Crippen molar-refractivity contribution < 1.29 is 9.84 Å².